The van der Waals surface area contributed by atoms with Crippen LogP contribution in [0.4, 0.5) is 21.6 Å². The molecule has 0 unspecified atom stereocenters. The molecule has 1 aromatic heterocycles. The number of carbonyl (C=O) groups excluding carboxylic acids is 2. The zero-order valence-electron chi connectivity index (χ0n) is 16.5. The minimum absolute atomic E-state index is 0.0772. The molecule has 9 nitrogen and oxygen atoms in total. The number of nitrogens with two attached hydrogens (primary N) is 1. The Labute approximate surface area is 172 Å². The van der Waals surface area contributed by atoms with Crippen LogP contribution in [0.5, 0.6) is 5.75 Å². The van der Waals surface area contributed by atoms with Crippen LogP contribution in [-0.2, 0) is 11.3 Å². The number of rotatable bonds is 7. The lowest BCUT2D eigenvalue weighted by molar-refractivity contribution is -0.116. The van der Waals surface area contributed by atoms with Gasteiger partial charge in [0, 0.05) is 5.69 Å². The summed E-state index contributed by atoms with van der Waals surface area (Å²) in [6.07, 6.45) is 0. The van der Waals surface area contributed by atoms with Crippen molar-refractivity contribution >= 4 is 29.0 Å². The molecule has 0 aliphatic heterocycles. The predicted molar refractivity (Wildman–Crippen MR) is 110 cm³/mol. The quantitative estimate of drug-likeness (QED) is 0.548. The van der Waals surface area contributed by atoms with E-state index in [0.29, 0.717) is 29.3 Å². The van der Waals surface area contributed by atoms with Crippen LogP contribution in [0.1, 0.15) is 23.0 Å². The summed E-state index contributed by atoms with van der Waals surface area (Å²) in [5, 5.41) is 12.7. The molecule has 30 heavy (non-hydrogen) atoms. The lowest BCUT2D eigenvalue weighted by Gasteiger charge is -2.10. The van der Waals surface area contributed by atoms with E-state index in [9.17, 15) is 14.0 Å². The number of anilines is 3. The van der Waals surface area contributed by atoms with Crippen molar-refractivity contribution in [1.29, 1.82) is 0 Å². The Morgan fingerprint density at radius 2 is 1.97 bits per heavy atom. The first-order chi connectivity index (χ1) is 14.4. The fraction of sp³-hybridized carbons (Fsp3) is 0.200. The molecule has 0 bridgehead atoms. The van der Waals surface area contributed by atoms with Gasteiger partial charge >= 0.3 is 0 Å². The number of nitrogen functional groups attached to an aromatic ring is 1. The average molecular weight is 412 g/mol. The minimum Gasteiger partial charge on any atom is -0.492 e. The lowest BCUT2D eigenvalue weighted by Crippen LogP contribution is -2.21. The van der Waals surface area contributed by atoms with E-state index in [-0.39, 0.29) is 18.1 Å². The van der Waals surface area contributed by atoms with E-state index < -0.39 is 17.6 Å². The van der Waals surface area contributed by atoms with Crippen LogP contribution in [0.25, 0.3) is 0 Å². The number of para-hydroxylation sites is 2. The van der Waals surface area contributed by atoms with Crippen LogP contribution in [0, 0.1) is 12.7 Å². The molecule has 0 saturated heterocycles. The van der Waals surface area contributed by atoms with E-state index in [1.807, 2.05) is 6.92 Å². The Morgan fingerprint density at radius 1 is 1.20 bits per heavy atom. The van der Waals surface area contributed by atoms with Crippen molar-refractivity contribution < 1.29 is 18.7 Å². The molecule has 3 rings (SSSR count). The van der Waals surface area contributed by atoms with Crippen molar-refractivity contribution in [3.8, 4) is 5.75 Å². The molecule has 156 valence electrons. The van der Waals surface area contributed by atoms with Gasteiger partial charge in [-0.25, -0.2) is 9.07 Å². The number of ether oxygens (including phenoxy) is 1. The highest BCUT2D eigenvalue weighted by molar-refractivity contribution is 6.06. The lowest BCUT2D eigenvalue weighted by atomic mass is 10.2. The predicted octanol–water partition coefficient (Wildman–Crippen LogP) is 2.60. The molecule has 0 aliphatic rings. The molecule has 0 spiro atoms. The van der Waals surface area contributed by atoms with Gasteiger partial charge < -0.3 is 21.1 Å². The third-order valence-electron chi connectivity index (χ3n) is 4.17. The Balaban J connectivity index is 1.68. The molecule has 2 amide bonds. The van der Waals surface area contributed by atoms with Gasteiger partial charge in [0.2, 0.25) is 5.91 Å². The molecule has 0 saturated carbocycles. The van der Waals surface area contributed by atoms with Crippen LogP contribution in [0.15, 0.2) is 42.5 Å². The number of carbonyl (C=O) groups is 2. The van der Waals surface area contributed by atoms with Gasteiger partial charge in [0.15, 0.2) is 11.5 Å². The summed E-state index contributed by atoms with van der Waals surface area (Å²) < 4.78 is 20.2. The second kappa shape index (κ2) is 9.03. The topological polar surface area (TPSA) is 124 Å². The first-order valence-corrected chi connectivity index (χ1v) is 9.17. The fourth-order valence-electron chi connectivity index (χ4n) is 2.64. The maximum Gasteiger partial charge on any atom is 0.280 e. The van der Waals surface area contributed by atoms with Gasteiger partial charge in [0.1, 0.15) is 18.1 Å². The number of benzene rings is 2. The summed E-state index contributed by atoms with van der Waals surface area (Å²) in [7, 11) is 0. The molecule has 0 radical (unpaired) electrons. The Bertz CT molecular complexity index is 1080. The molecule has 10 heteroatoms. The van der Waals surface area contributed by atoms with Crippen molar-refractivity contribution in [2.75, 3.05) is 23.0 Å². The third-order valence-corrected chi connectivity index (χ3v) is 4.17. The molecular weight excluding hydrogens is 391 g/mol. The number of aromatic nitrogens is 3. The van der Waals surface area contributed by atoms with Crippen molar-refractivity contribution in [3.05, 3.63) is 59.5 Å². The molecule has 4 N–H and O–H groups in total. The maximum absolute atomic E-state index is 13.6. The van der Waals surface area contributed by atoms with E-state index >= 15 is 0 Å². The number of amides is 2. The monoisotopic (exact) mass is 412 g/mol. The highest BCUT2D eigenvalue weighted by atomic mass is 19.1. The van der Waals surface area contributed by atoms with Crippen molar-refractivity contribution in [2.45, 2.75) is 20.4 Å². The summed E-state index contributed by atoms with van der Waals surface area (Å²) in [5.74, 6) is -1.09. The smallest absolute Gasteiger partial charge is 0.280 e. The maximum atomic E-state index is 13.6. The van der Waals surface area contributed by atoms with Gasteiger partial charge in [-0.05, 0) is 43.7 Å². The number of nitrogens with one attached hydrogen (secondary N) is 2. The van der Waals surface area contributed by atoms with Gasteiger partial charge in [-0.3, -0.25) is 9.59 Å². The highest BCUT2D eigenvalue weighted by Crippen LogP contribution is 2.24. The van der Waals surface area contributed by atoms with Gasteiger partial charge in [-0.2, -0.15) is 0 Å². The van der Waals surface area contributed by atoms with Gasteiger partial charge in [0.05, 0.1) is 12.3 Å². The van der Waals surface area contributed by atoms with E-state index in [0.717, 1.165) is 4.68 Å². The highest BCUT2D eigenvalue weighted by Gasteiger charge is 2.20. The van der Waals surface area contributed by atoms with E-state index in [1.54, 1.807) is 43.3 Å². The van der Waals surface area contributed by atoms with Gasteiger partial charge in [0.25, 0.3) is 5.91 Å². The summed E-state index contributed by atoms with van der Waals surface area (Å²) in [4.78, 5) is 24.8. The number of aryl methyl sites for hydroxylation is 1. The first kappa shape index (κ1) is 20.8. The van der Waals surface area contributed by atoms with E-state index in [4.69, 9.17) is 10.5 Å². The Morgan fingerprint density at radius 3 is 2.70 bits per heavy atom. The standard InChI is InChI=1S/C20H21FN6O3/c1-3-30-16-7-5-4-6-15(16)24-20(29)18-19(22)27(26-25-18)11-17(28)23-13-9-8-12(2)14(21)10-13/h4-10H,3,11,22H2,1-2H3,(H,23,28)(H,24,29). The van der Waals surface area contributed by atoms with E-state index in [1.165, 1.54) is 6.07 Å². The normalized spacial score (nSPS) is 10.5. The fourth-order valence-corrected chi connectivity index (χ4v) is 2.64. The van der Waals surface area contributed by atoms with Gasteiger partial charge in [-0.1, -0.05) is 23.4 Å². The summed E-state index contributed by atoms with van der Waals surface area (Å²) in [6.45, 7) is 3.59. The molecule has 0 atom stereocenters. The van der Waals surface area contributed by atoms with Crippen LogP contribution in [-0.4, -0.2) is 33.4 Å². The summed E-state index contributed by atoms with van der Waals surface area (Å²) in [6, 6.07) is 11.3. The number of hydrogen-bond acceptors (Lipinski definition) is 6. The zero-order valence-corrected chi connectivity index (χ0v) is 16.5. The van der Waals surface area contributed by atoms with Gasteiger partial charge in [-0.15, -0.1) is 5.10 Å². The first-order valence-electron chi connectivity index (χ1n) is 9.17. The van der Waals surface area contributed by atoms with Crippen LogP contribution < -0.4 is 21.1 Å². The molecule has 1 heterocycles. The van der Waals surface area contributed by atoms with Crippen LogP contribution in [0.2, 0.25) is 0 Å². The third kappa shape index (κ3) is 4.72. The van der Waals surface area contributed by atoms with Crippen molar-refractivity contribution in [1.82, 2.24) is 15.0 Å². The largest absolute Gasteiger partial charge is 0.492 e. The number of nitrogens with zero attached hydrogens (tertiary/aromatic N) is 3. The zero-order chi connectivity index (χ0) is 21.7. The van der Waals surface area contributed by atoms with Crippen LogP contribution in [0.3, 0.4) is 0 Å². The Hall–Kier alpha value is -3.95. The second-order valence-electron chi connectivity index (χ2n) is 6.38. The molecule has 3 aromatic rings. The summed E-state index contributed by atoms with van der Waals surface area (Å²) in [5.41, 5.74) is 7.04. The van der Waals surface area contributed by atoms with Crippen molar-refractivity contribution in [2.24, 2.45) is 0 Å². The van der Waals surface area contributed by atoms with Crippen molar-refractivity contribution in [3.63, 3.8) is 0 Å². The molecular formula is C20H21FN6O3. The molecule has 2 aromatic carbocycles. The second-order valence-corrected chi connectivity index (χ2v) is 6.38. The Kier molecular flexibility index (Phi) is 6.26. The molecule has 0 fully saturated rings. The SMILES string of the molecule is CCOc1ccccc1NC(=O)c1nnn(CC(=O)Nc2ccc(C)c(F)c2)c1N. The summed E-state index contributed by atoms with van der Waals surface area (Å²) >= 11 is 0. The molecule has 0 aliphatic carbocycles. The minimum atomic E-state index is -0.591. The number of hydrogen-bond donors (Lipinski definition) is 3. The van der Waals surface area contributed by atoms with E-state index in [2.05, 4.69) is 20.9 Å². The number of halogens is 1. The van der Waals surface area contributed by atoms with Crippen LogP contribution >= 0.6 is 0 Å². The average Bonchev–Trinajstić information content (AvgIpc) is 3.07.